The van der Waals surface area contributed by atoms with Crippen molar-refractivity contribution >= 4 is 17.4 Å². The summed E-state index contributed by atoms with van der Waals surface area (Å²) in [4.78, 5) is 13.2. The summed E-state index contributed by atoms with van der Waals surface area (Å²) >= 11 is 6.20. The Labute approximate surface area is 166 Å². The van der Waals surface area contributed by atoms with Gasteiger partial charge in [0, 0.05) is 21.7 Å². The lowest BCUT2D eigenvalue weighted by molar-refractivity contribution is 0.103. The van der Waals surface area contributed by atoms with Crippen LogP contribution < -0.4 is 0 Å². The third-order valence-corrected chi connectivity index (χ3v) is 4.62. The van der Waals surface area contributed by atoms with E-state index >= 15 is 0 Å². The Morgan fingerprint density at radius 1 is 0.929 bits per heavy atom. The zero-order valence-electron chi connectivity index (χ0n) is 14.8. The van der Waals surface area contributed by atoms with Crippen molar-refractivity contribution in [1.82, 2.24) is 14.8 Å². The molecule has 5 nitrogen and oxygen atoms in total. The summed E-state index contributed by atoms with van der Waals surface area (Å²) in [5.41, 5.74) is 2.34. The Morgan fingerprint density at radius 2 is 1.61 bits per heavy atom. The molecule has 0 aliphatic carbocycles. The average molecular weight is 390 g/mol. The van der Waals surface area contributed by atoms with E-state index in [1.54, 1.807) is 34.9 Å². The number of halogens is 1. The van der Waals surface area contributed by atoms with E-state index in [9.17, 15) is 9.90 Å². The van der Waals surface area contributed by atoms with Crippen LogP contribution in [0.15, 0.2) is 78.9 Å². The molecule has 0 fully saturated rings. The van der Waals surface area contributed by atoms with E-state index in [1.165, 1.54) is 0 Å². The second-order valence-electron chi connectivity index (χ2n) is 6.16. The highest BCUT2D eigenvalue weighted by Gasteiger charge is 2.21. The fourth-order valence-electron chi connectivity index (χ4n) is 3.08. The summed E-state index contributed by atoms with van der Waals surface area (Å²) in [5.74, 6) is 0.701. The highest BCUT2D eigenvalue weighted by Crippen LogP contribution is 2.28. The summed E-state index contributed by atoms with van der Waals surface area (Å²) in [6.07, 6.45) is 0. The van der Waals surface area contributed by atoms with Crippen LogP contribution in [0.4, 0.5) is 0 Å². The minimum absolute atomic E-state index is 0.172. The molecule has 0 bridgehead atoms. The topological polar surface area (TPSA) is 68.0 Å². The third kappa shape index (κ3) is 3.33. The minimum Gasteiger partial charge on any atom is -0.388 e. The SMILES string of the molecule is O=C(c1ccccc1)c1cc(Cl)ccc1-n1c(CO)nnc1-c1ccccc1. The summed E-state index contributed by atoms with van der Waals surface area (Å²) in [6.45, 7) is -0.318. The lowest BCUT2D eigenvalue weighted by atomic mass is 10.0. The zero-order valence-corrected chi connectivity index (χ0v) is 15.5. The van der Waals surface area contributed by atoms with Gasteiger partial charge >= 0.3 is 0 Å². The number of rotatable bonds is 5. The van der Waals surface area contributed by atoms with E-state index in [0.717, 1.165) is 5.56 Å². The fraction of sp³-hybridized carbons (Fsp3) is 0.0455. The first kappa shape index (κ1) is 18.1. The van der Waals surface area contributed by atoms with Crippen molar-refractivity contribution in [3.8, 4) is 17.1 Å². The number of benzene rings is 3. The number of carbonyl (C=O) groups is 1. The Balaban J connectivity index is 1.94. The van der Waals surface area contributed by atoms with Crippen LogP contribution in [0.2, 0.25) is 5.02 Å². The van der Waals surface area contributed by atoms with E-state index in [1.807, 2.05) is 48.5 Å². The molecule has 138 valence electrons. The summed E-state index contributed by atoms with van der Waals surface area (Å²) in [7, 11) is 0. The van der Waals surface area contributed by atoms with E-state index in [2.05, 4.69) is 10.2 Å². The van der Waals surface area contributed by atoms with Gasteiger partial charge in [-0.05, 0) is 18.2 Å². The van der Waals surface area contributed by atoms with Gasteiger partial charge in [-0.3, -0.25) is 9.36 Å². The molecule has 1 heterocycles. The molecule has 4 aromatic rings. The van der Waals surface area contributed by atoms with Crippen LogP contribution in [0.5, 0.6) is 0 Å². The molecule has 0 amide bonds. The smallest absolute Gasteiger partial charge is 0.195 e. The quantitative estimate of drug-likeness (QED) is 0.516. The van der Waals surface area contributed by atoms with Gasteiger partial charge in [0.2, 0.25) is 0 Å². The molecule has 1 N–H and O–H groups in total. The van der Waals surface area contributed by atoms with Gasteiger partial charge in [0.25, 0.3) is 0 Å². The highest BCUT2D eigenvalue weighted by atomic mass is 35.5. The molecule has 28 heavy (non-hydrogen) atoms. The largest absolute Gasteiger partial charge is 0.388 e. The Hall–Kier alpha value is -3.28. The maximum Gasteiger partial charge on any atom is 0.195 e. The predicted octanol–water partition coefficient (Wildman–Crippen LogP) is 4.31. The normalized spacial score (nSPS) is 10.8. The molecule has 0 radical (unpaired) electrons. The van der Waals surface area contributed by atoms with Gasteiger partial charge < -0.3 is 5.11 Å². The van der Waals surface area contributed by atoms with Crippen LogP contribution in [0.25, 0.3) is 17.1 Å². The summed E-state index contributed by atoms with van der Waals surface area (Å²) in [5, 5.41) is 18.6. The molecule has 1 aromatic heterocycles. The van der Waals surface area contributed by atoms with Gasteiger partial charge in [-0.1, -0.05) is 72.3 Å². The molecular weight excluding hydrogens is 374 g/mol. The number of aromatic nitrogens is 3. The standard InChI is InChI=1S/C22H16ClN3O2/c23-17-11-12-19(18(13-17)21(28)15-7-3-1-4-8-15)26-20(14-27)24-25-22(26)16-9-5-2-6-10-16/h1-13,27H,14H2. The lowest BCUT2D eigenvalue weighted by Crippen LogP contribution is -2.11. The maximum absolute atomic E-state index is 13.2. The minimum atomic E-state index is -0.318. The van der Waals surface area contributed by atoms with E-state index in [4.69, 9.17) is 11.6 Å². The molecule has 0 saturated carbocycles. The second-order valence-corrected chi connectivity index (χ2v) is 6.59. The number of aliphatic hydroxyl groups is 1. The van der Waals surface area contributed by atoms with E-state index in [-0.39, 0.29) is 12.4 Å². The first-order chi connectivity index (χ1) is 13.7. The van der Waals surface area contributed by atoms with Crippen LogP contribution in [-0.2, 0) is 6.61 Å². The molecule has 4 rings (SSSR count). The molecule has 3 aromatic carbocycles. The molecule has 0 aliphatic heterocycles. The first-order valence-electron chi connectivity index (χ1n) is 8.69. The molecule has 0 spiro atoms. The van der Waals surface area contributed by atoms with Crippen molar-refractivity contribution in [1.29, 1.82) is 0 Å². The zero-order chi connectivity index (χ0) is 19.5. The predicted molar refractivity (Wildman–Crippen MR) is 108 cm³/mol. The van der Waals surface area contributed by atoms with Gasteiger partial charge in [0.05, 0.1) is 5.69 Å². The van der Waals surface area contributed by atoms with Crippen molar-refractivity contribution in [3.63, 3.8) is 0 Å². The van der Waals surface area contributed by atoms with Crippen LogP contribution in [0, 0.1) is 0 Å². The van der Waals surface area contributed by atoms with Gasteiger partial charge in [0.15, 0.2) is 17.4 Å². The maximum atomic E-state index is 13.2. The van der Waals surface area contributed by atoms with Crippen LogP contribution in [0.3, 0.4) is 0 Å². The van der Waals surface area contributed by atoms with Gasteiger partial charge in [-0.15, -0.1) is 10.2 Å². The van der Waals surface area contributed by atoms with E-state index < -0.39 is 0 Å². The highest BCUT2D eigenvalue weighted by molar-refractivity contribution is 6.31. The first-order valence-corrected chi connectivity index (χ1v) is 9.07. The number of nitrogens with zero attached hydrogens (tertiary/aromatic N) is 3. The van der Waals surface area contributed by atoms with E-state index in [0.29, 0.717) is 33.5 Å². The summed E-state index contributed by atoms with van der Waals surface area (Å²) < 4.78 is 1.70. The third-order valence-electron chi connectivity index (χ3n) is 4.38. The number of aliphatic hydroxyl groups excluding tert-OH is 1. The van der Waals surface area contributed by atoms with Crippen molar-refractivity contribution in [2.24, 2.45) is 0 Å². The molecule has 0 saturated heterocycles. The van der Waals surface area contributed by atoms with Gasteiger partial charge in [-0.25, -0.2) is 0 Å². The van der Waals surface area contributed by atoms with Crippen molar-refractivity contribution in [2.45, 2.75) is 6.61 Å². The number of hydrogen-bond donors (Lipinski definition) is 1. The van der Waals surface area contributed by atoms with Gasteiger partial charge in [0.1, 0.15) is 6.61 Å². The van der Waals surface area contributed by atoms with Gasteiger partial charge in [-0.2, -0.15) is 0 Å². The van der Waals surface area contributed by atoms with Crippen LogP contribution >= 0.6 is 11.6 Å². The lowest BCUT2D eigenvalue weighted by Gasteiger charge is -2.14. The molecule has 0 unspecified atom stereocenters. The van der Waals surface area contributed by atoms with Crippen molar-refractivity contribution < 1.29 is 9.90 Å². The average Bonchev–Trinajstić information content (AvgIpc) is 3.18. The van der Waals surface area contributed by atoms with Crippen molar-refractivity contribution in [2.75, 3.05) is 0 Å². The Morgan fingerprint density at radius 3 is 2.29 bits per heavy atom. The molecule has 0 atom stereocenters. The number of carbonyl (C=O) groups excluding carboxylic acids is 1. The second kappa shape index (κ2) is 7.76. The molecular formula is C22H16ClN3O2. The Bertz CT molecular complexity index is 1130. The molecule has 0 aliphatic rings. The number of hydrogen-bond acceptors (Lipinski definition) is 4. The fourth-order valence-corrected chi connectivity index (χ4v) is 3.25. The van der Waals surface area contributed by atoms with Crippen molar-refractivity contribution in [3.05, 3.63) is 101 Å². The molecule has 6 heteroatoms. The number of ketones is 1. The monoisotopic (exact) mass is 389 g/mol. The summed E-state index contributed by atoms with van der Waals surface area (Å²) in [6, 6.07) is 23.5. The van der Waals surface area contributed by atoms with Crippen LogP contribution in [-0.4, -0.2) is 25.7 Å². The van der Waals surface area contributed by atoms with Crippen LogP contribution in [0.1, 0.15) is 21.7 Å². The Kier molecular flexibility index (Phi) is 5.02.